The maximum Gasteiger partial charge on any atom is 0.222 e. The van der Waals surface area contributed by atoms with Gasteiger partial charge in [-0.1, -0.05) is 29.8 Å². The Kier molecular flexibility index (Phi) is 7.04. The fourth-order valence-corrected chi connectivity index (χ4v) is 4.21. The minimum atomic E-state index is -2.33. The van der Waals surface area contributed by atoms with E-state index in [9.17, 15) is 25.5 Å². The average Bonchev–Trinajstić information content (AvgIpc) is 3.30. The van der Waals surface area contributed by atoms with Crippen molar-refractivity contribution in [3.63, 3.8) is 0 Å². The van der Waals surface area contributed by atoms with E-state index in [4.69, 9.17) is 25.8 Å². The minimum Gasteiger partial charge on any atom is -0.488 e. The molecule has 0 spiro atoms. The number of hydrogen-bond acceptors (Lipinski definition) is 8. The van der Waals surface area contributed by atoms with Crippen molar-refractivity contribution in [2.24, 2.45) is 0 Å². The Hall–Kier alpha value is -1.75. The fraction of sp³-hybridized carbons (Fsp3) is 0.478. The molecule has 0 aromatic heterocycles. The molecule has 6 atom stereocenters. The summed E-state index contributed by atoms with van der Waals surface area (Å²) in [6, 6.07) is 12.2. The molecule has 4 rings (SSSR count). The van der Waals surface area contributed by atoms with Crippen molar-refractivity contribution >= 4 is 11.6 Å². The van der Waals surface area contributed by atoms with E-state index < -0.39 is 36.8 Å². The summed E-state index contributed by atoms with van der Waals surface area (Å²) in [5.41, 5.74) is 1.75. The van der Waals surface area contributed by atoms with Gasteiger partial charge in [-0.2, -0.15) is 0 Å². The van der Waals surface area contributed by atoms with Crippen LogP contribution in [0.1, 0.15) is 23.1 Å². The lowest BCUT2D eigenvalue weighted by molar-refractivity contribution is -0.357. The van der Waals surface area contributed by atoms with Gasteiger partial charge in [-0.25, -0.2) is 0 Å². The molecule has 0 radical (unpaired) electrons. The molecular weight excluding hydrogens is 440 g/mol. The van der Waals surface area contributed by atoms with Crippen LogP contribution in [0.5, 0.6) is 5.75 Å². The van der Waals surface area contributed by atoms with E-state index in [1.54, 1.807) is 12.1 Å². The first-order valence-electron chi connectivity index (χ1n) is 10.5. The molecule has 2 aromatic carbocycles. The van der Waals surface area contributed by atoms with E-state index in [1.807, 2.05) is 24.3 Å². The zero-order valence-corrected chi connectivity index (χ0v) is 18.1. The summed E-state index contributed by atoms with van der Waals surface area (Å²) < 4.78 is 16.6. The van der Waals surface area contributed by atoms with Gasteiger partial charge < -0.3 is 39.7 Å². The van der Waals surface area contributed by atoms with Gasteiger partial charge in [-0.05, 0) is 41.8 Å². The number of benzene rings is 2. The lowest BCUT2D eigenvalue weighted by Gasteiger charge is -2.45. The number of halogens is 1. The number of aliphatic hydroxyl groups is 5. The normalized spacial score (nSPS) is 32.8. The number of rotatable bonds is 6. The molecule has 174 valence electrons. The van der Waals surface area contributed by atoms with Crippen molar-refractivity contribution in [1.82, 2.24) is 0 Å². The predicted molar refractivity (Wildman–Crippen MR) is 114 cm³/mol. The van der Waals surface area contributed by atoms with Crippen LogP contribution in [-0.2, 0) is 21.7 Å². The monoisotopic (exact) mass is 466 g/mol. The van der Waals surface area contributed by atoms with E-state index in [-0.39, 0.29) is 11.7 Å². The Bertz CT molecular complexity index is 915. The average molecular weight is 467 g/mol. The third kappa shape index (κ3) is 4.64. The van der Waals surface area contributed by atoms with E-state index in [0.29, 0.717) is 30.2 Å². The smallest absolute Gasteiger partial charge is 0.222 e. The second-order valence-electron chi connectivity index (χ2n) is 8.19. The van der Waals surface area contributed by atoms with Crippen LogP contribution in [0.4, 0.5) is 0 Å². The summed E-state index contributed by atoms with van der Waals surface area (Å²) in [7, 11) is 0. The van der Waals surface area contributed by atoms with Crippen LogP contribution in [0.3, 0.4) is 0 Å². The van der Waals surface area contributed by atoms with Crippen molar-refractivity contribution in [3.05, 3.63) is 64.2 Å². The van der Waals surface area contributed by atoms with Crippen LogP contribution in [-0.4, -0.2) is 75.9 Å². The number of hydrogen-bond donors (Lipinski definition) is 5. The zero-order valence-electron chi connectivity index (χ0n) is 17.3. The van der Waals surface area contributed by atoms with Gasteiger partial charge in [0.2, 0.25) is 5.79 Å². The highest BCUT2D eigenvalue weighted by atomic mass is 35.5. The van der Waals surface area contributed by atoms with Crippen molar-refractivity contribution < 1.29 is 39.7 Å². The van der Waals surface area contributed by atoms with Crippen molar-refractivity contribution in [1.29, 1.82) is 0 Å². The van der Waals surface area contributed by atoms with Gasteiger partial charge in [0, 0.05) is 17.0 Å². The van der Waals surface area contributed by atoms with Gasteiger partial charge >= 0.3 is 0 Å². The summed E-state index contributed by atoms with van der Waals surface area (Å²) in [6.45, 7) is 0.649. The van der Waals surface area contributed by atoms with Gasteiger partial charge in [-0.3, -0.25) is 0 Å². The molecule has 2 aliphatic heterocycles. The summed E-state index contributed by atoms with van der Waals surface area (Å²) >= 11 is 6.37. The van der Waals surface area contributed by atoms with Gasteiger partial charge in [-0.15, -0.1) is 0 Å². The predicted octanol–water partition coefficient (Wildman–Crippen LogP) is 0.717. The Morgan fingerprint density at radius 3 is 2.47 bits per heavy atom. The molecule has 2 heterocycles. The van der Waals surface area contributed by atoms with Crippen molar-refractivity contribution in [2.45, 2.75) is 49.1 Å². The molecule has 0 bridgehead atoms. The van der Waals surface area contributed by atoms with Crippen LogP contribution in [0.25, 0.3) is 0 Å². The Labute approximate surface area is 190 Å². The molecule has 5 N–H and O–H groups in total. The standard InChI is InChI=1S/C23H27ClO8/c24-18-6-3-15(23(29)22(28)21(27)20(26)19(11-25)32-23)10-14(18)9-13-1-4-16(5-2-13)31-17-7-8-30-12-17/h1-6,10,17,19-22,25-29H,7-9,11-12H2/t17-,19?,20+,21-,22+,23-/m0/s1. The minimum absolute atomic E-state index is 0.0613. The SMILES string of the molecule is OCC1O[C@@](O)(c2ccc(Cl)c(Cc3ccc(O[C@H]4CCOC4)cc3)c2)[C@H](O)[C@@H](O)[C@@H]1O. The summed E-state index contributed by atoms with van der Waals surface area (Å²) in [5.74, 6) is -1.58. The Balaban J connectivity index is 1.53. The highest BCUT2D eigenvalue weighted by molar-refractivity contribution is 6.31. The third-order valence-corrected chi connectivity index (χ3v) is 6.30. The summed E-state index contributed by atoms with van der Waals surface area (Å²) in [6.07, 6.45) is -4.99. The first-order valence-corrected chi connectivity index (χ1v) is 10.9. The Morgan fingerprint density at radius 1 is 1.06 bits per heavy atom. The van der Waals surface area contributed by atoms with Crippen LogP contribution in [0, 0.1) is 0 Å². The van der Waals surface area contributed by atoms with Crippen molar-refractivity contribution in [2.75, 3.05) is 19.8 Å². The maximum atomic E-state index is 11.0. The van der Waals surface area contributed by atoms with Gasteiger partial charge in [0.25, 0.3) is 0 Å². The largest absolute Gasteiger partial charge is 0.488 e. The molecule has 2 aliphatic rings. The molecule has 0 amide bonds. The lowest BCUT2D eigenvalue weighted by atomic mass is 9.87. The second kappa shape index (κ2) is 9.62. The van der Waals surface area contributed by atoms with Gasteiger partial charge in [0.05, 0.1) is 19.8 Å². The molecule has 2 saturated heterocycles. The van der Waals surface area contributed by atoms with Crippen LogP contribution >= 0.6 is 11.6 Å². The topological polar surface area (TPSA) is 129 Å². The van der Waals surface area contributed by atoms with E-state index in [2.05, 4.69) is 0 Å². The second-order valence-corrected chi connectivity index (χ2v) is 8.60. The first-order chi connectivity index (χ1) is 15.3. The lowest BCUT2D eigenvalue weighted by Crippen LogP contribution is -2.63. The molecule has 8 nitrogen and oxygen atoms in total. The van der Waals surface area contributed by atoms with Crippen LogP contribution in [0.15, 0.2) is 42.5 Å². The summed E-state index contributed by atoms with van der Waals surface area (Å²) in [5, 5.41) is 51.4. The van der Waals surface area contributed by atoms with Crippen LogP contribution < -0.4 is 4.74 Å². The van der Waals surface area contributed by atoms with E-state index in [0.717, 1.165) is 17.7 Å². The molecular formula is C23H27ClO8. The molecule has 2 fully saturated rings. The van der Waals surface area contributed by atoms with Gasteiger partial charge in [0.1, 0.15) is 36.3 Å². The molecule has 1 unspecified atom stereocenters. The molecule has 0 saturated carbocycles. The van der Waals surface area contributed by atoms with Crippen LogP contribution in [0.2, 0.25) is 5.02 Å². The number of aliphatic hydroxyl groups excluding tert-OH is 4. The molecule has 9 heteroatoms. The highest BCUT2D eigenvalue weighted by Gasteiger charge is 2.53. The fourth-order valence-electron chi connectivity index (χ4n) is 4.03. The van der Waals surface area contributed by atoms with Gasteiger partial charge in [0.15, 0.2) is 0 Å². The maximum absolute atomic E-state index is 11.0. The zero-order chi connectivity index (χ0) is 22.9. The van der Waals surface area contributed by atoms with E-state index in [1.165, 1.54) is 6.07 Å². The molecule has 2 aromatic rings. The molecule has 0 aliphatic carbocycles. The Morgan fingerprint density at radius 2 is 1.81 bits per heavy atom. The highest BCUT2D eigenvalue weighted by Crippen LogP contribution is 2.38. The first kappa shape index (κ1) is 23.4. The summed E-state index contributed by atoms with van der Waals surface area (Å²) in [4.78, 5) is 0. The quantitative estimate of drug-likeness (QED) is 0.421. The van der Waals surface area contributed by atoms with E-state index >= 15 is 0 Å². The molecule has 32 heavy (non-hydrogen) atoms. The third-order valence-electron chi connectivity index (χ3n) is 5.93. The van der Waals surface area contributed by atoms with Crippen molar-refractivity contribution in [3.8, 4) is 5.75 Å². The number of ether oxygens (including phenoxy) is 3.